The van der Waals surface area contributed by atoms with Crippen molar-refractivity contribution in [3.05, 3.63) is 0 Å². The van der Waals surface area contributed by atoms with Crippen LogP contribution in [0.5, 0.6) is 0 Å². The summed E-state index contributed by atoms with van der Waals surface area (Å²) in [5.41, 5.74) is 0.370. The third kappa shape index (κ3) is 2.77. The van der Waals surface area contributed by atoms with E-state index >= 15 is 0 Å². The summed E-state index contributed by atoms with van der Waals surface area (Å²) in [5, 5.41) is 0. The van der Waals surface area contributed by atoms with Crippen LogP contribution >= 0.6 is 11.8 Å². The average Bonchev–Trinajstić information content (AvgIpc) is 2.96. The molecule has 0 bridgehead atoms. The SMILES string of the molecule is C[C@]12CCC(=O)N1[C@@H](C(=O)N1CCCC3(CCCCCC3)C1)CS2. The number of thioether (sulfide) groups is 1. The lowest BCUT2D eigenvalue weighted by Crippen LogP contribution is -2.55. The van der Waals surface area contributed by atoms with Crippen molar-refractivity contribution in [1.82, 2.24) is 9.80 Å². The van der Waals surface area contributed by atoms with Crippen LogP contribution in [0, 0.1) is 5.41 Å². The van der Waals surface area contributed by atoms with E-state index in [1.807, 2.05) is 16.7 Å². The number of carbonyl (C=O) groups excluding carboxylic acids is 2. The molecule has 2 atom stereocenters. The van der Waals surface area contributed by atoms with Gasteiger partial charge in [-0.15, -0.1) is 11.8 Å². The summed E-state index contributed by atoms with van der Waals surface area (Å²) in [5.74, 6) is 1.19. The first-order chi connectivity index (χ1) is 11.5. The van der Waals surface area contributed by atoms with E-state index in [2.05, 4.69) is 11.8 Å². The highest BCUT2D eigenvalue weighted by Gasteiger charge is 2.54. The number of piperidine rings is 1. The number of amides is 2. The van der Waals surface area contributed by atoms with Gasteiger partial charge in [0.1, 0.15) is 6.04 Å². The van der Waals surface area contributed by atoms with E-state index < -0.39 is 0 Å². The summed E-state index contributed by atoms with van der Waals surface area (Å²) in [6.07, 6.45) is 11.9. The van der Waals surface area contributed by atoms with Crippen LogP contribution in [0.3, 0.4) is 0 Å². The average molecular weight is 351 g/mol. The molecule has 4 fully saturated rings. The van der Waals surface area contributed by atoms with Crippen molar-refractivity contribution in [3.63, 3.8) is 0 Å². The molecule has 3 aliphatic heterocycles. The molecular weight excluding hydrogens is 320 g/mol. The van der Waals surface area contributed by atoms with Gasteiger partial charge in [-0.1, -0.05) is 25.7 Å². The predicted octanol–water partition coefficient (Wildman–Crippen LogP) is 3.40. The third-order valence-electron chi connectivity index (χ3n) is 6.87. The topological polar surface area (TPSA) is 40.6 Å². The van der Waals surface area contributed by atoms with E-state index in [9.17, 15) is 9.59 Å². The van der Waals surface area contributed by atoms with Crippen molar-refractivity contribution in [2.45, 2.75) is 82.0 Å². The molecule has 1 aliphatic carbocycles. The number of hydrogen-bond donors (Lipinski definition) is 0. The Morgan fingerprint density at radius 2 is 1.79 bits per heavy atom. The molecule has 134 valence electrons. The summed E-state index contributed by atoms with van der Waals surface area (Å²) in [7, 11) is 0. The molecule has 4 aliphatic rings. The molecule has 0 aromatic rings. The molecule has 4 nitrogen and oxygen atoms in total. The summed E-state index contributed by atoms with van der Waals surface area (Å²) in [6.45, 7) is 3.96. The highest BCUT2D eigenvalue weighted by molar-refractivity contribution is 8.01. The van der Waals surface area contributed by atoms with Crippen molar-refractivity contribution in [3.8, 4) is 0 Å². The zero-order chi connectivity index (χ0) is 16.8. The molecular formula is C19H30N2O2S. The molecule has 0 N–H and O–H groups in total. The first-order valence-electron chi connectivity index (χ1n) is 9.78. The van der Waals surface area contributed by atoms with Crippen molar-refractivity contribution in [1.29, 1.82) is 0 Å². The van der Waals surface area contributed by atoms with Crippen LogP contribution in [0.25, 0.3) is 0 Å². The molecule has 1 spiro atoms. The van der Waals surface area contributed by atoms with Crippen LogP contribution < -0.4 is 0 Å². The fourth-order valence-electron chi connectivity index (χ4n) is 5.50. The van der Waals surface area contributed by atoms with Gasteiger partial charge in [0.25, 0.3) is 0 Å². The number of fused-ring (bicyclic) bond motifs is 1. The summed E-state index contributed by atoms with van der Waals surface area (Å²) < 4.78 is 0. The van der Waals surface area contributed by atoms with Crippen LogP contribution in [0.1, 0.15) is 71.1 Å². The highest BCUT2D eigenvalue weighted by atomic mass is 32.2. The minimum absolute atomic E-state index is 0.132. The molecule has 0 unspecified atom stereocenters. The van der Waals surface area contributed by atoms with Gasteiger partial charge in [0.15, 0.2) is 0 Å². The van der Waals surface area contributed by atoms with Crippen molar-refractivity contribution >= 4 is 23.6 Å². The van der Waals surface area contributed by atoms with Crippen LogP contribution in [0.2, 0.25) is 0 Å². The molecule has 2 amide bonds. The molecule has 0 aromatic heterocycles. The molecule has 24 heavy (non-hydrogen) atoms. The summed E-state index contributed by atoms with van der Waals surface area (Å²) >= 11 is 1.81. The first kappa shape index (κ1) is 16.7. The molecule has 3 saturated heterocycles. The standard InChI is InChI=1S/C19H30N2O2S/c1-18-11-7-16(22)21(18)15(13-24-18)17(23)20-12-6-10-19(14-20)8-4-2-3-5-9-19/h15H,2-14H2,1H3/t15-,18+/m1/s1. The Hall–Kier alpha value is -0.710. The molecule has 4 rings (SSSR count). The smallest absolute Gasteiger partial charge is 0.246 e. The lowest BCUT2D eigenvalue weighted by atomic mass is 9.74. The minimum Gasteiger partial charge on any atom is -0.340 e. The molecule has 1 saturated carbocycles. The Morgan fingerprint density at radius 1 is 1.08 bits per heavy atom. The second kappa shape index (κ2) is 6.22. The quantitative estimate of drug-likeness (QED) is 0.728. The summed E-state index contributed by atoms with van der Waals surface area (Å²) in [6, 6.07) is -0.212. The zero-order valence-corrected chi connectivity index (χ0v) is 15.7. The Labute approximate surface area is 149 Å². The second-order valence-electron chi connectivity index (χ2n) is 8.54. The van der Waals surface area contributed by atoms with E-state index in [0.717, 1.165) is 31.7 Å². The van der Waals surface area contributed by atoms with Gasteiger partial charge in [0.2, 0.25) is 11.8 Å². The number of hydrogen-bond acceptors (Lipinski definition) is 3. The Kier molecular flexibility index (Phi) is 4.34. The van der Waals surface area contributed by atoms with Crippen LogP contribution in [-0.2, 0) is 9.59 Å². The maximum Gasteiger partial charge on any atom is 0.246 e. The lowest BCUT2D eigenvalue weighted by molar-refractivity contribution is -0.146. The number of likely N-dealkylation sites (tertiary alicyclic amines) is 1. The van der Waals surface area contributed by atoms with Gasteiger partial charge in [-0.2, -0.15) is 0 Å². The monoisotopic (exact) mass is 350 g/mol. The van der Waals surface area contributed by atoms with Gasteiger partial charge in [0, 0.05) is 25.3 Å². The molecule has 3 heterocycles. The maximum atomic E-state index is 13.3. The van der Waals surface area contributed by atoms with E-state index in [0.29, 0.717) is 11.8 Å². The van der Waals surface area contributed by atoms with E-state index in [1.54, 1.807) is 0 Å². The van der Waals surface area contributed by atoms with Gasteiger partial charge in [-0.25, -0.2) is 0 Å². The van der Waals surface area contributed by atoms with Crippen LogP contribution in [-0.4, -0.2) is 51.4 Å². The maximum absolute atomic E-state index is 13.3. The van der Waals surface area contributed by atoms with E-state index in [4.69, 9.17) is 0 Å². The van der Waals surface area contributed by atoms with Gasteiger partial charge in [-0.3, -0.25) is 9.59 Å². The Bertz CT molecular complexity index is 529. The van der Waals surface area contributed by atoms with Gasteiger partial charge < -0.3 is 9.80 Å². The summed E-state index contributed by atoms with van der Waals surface area (Å²) in [4.78, 5) is 29.5. The first-order valence-corrected chi connectivity index (χ1v) is 10.8. The molecule has 0 aromatic carbocycles. The zero-order valence-electron chi connectivity index (χ0n) is 14.9. The van der Waals surface area contributed by atoms with E-state index in [-0.39, 0.29) is 22.7 Å². The van der Waals surface area contributed by atoms with Crippen LogP contribution in [0.15, 0.2) is 0 Å². The van der Waals surface area contributed by atoms with Crippen molar-refractivity contribution in [2.24, 2.45) is 5.41 Å². The number of carbonyl (C=O) groups is 2. The van der Waals surface area contributed by atoms with Crippen LogP contribution in [0.4, 0.5) is 0 Å². The fraction of sp³-hybridized carbons (Fsp3) is 0.895. The predicted molar refractivity (Wildman–Crippen MR) is 96.7 cm³/mol. The van der Waals surface area contributed by atoms with E-state index in [1.165, 1.54) is 44.9 Å². The van der Waals surface area contributed by atoms with Gasteiger partial charge in [0.05, 0.1) is 4.87 Å². The Morgan fingerprint density at radius 3 is 2.54 bits per heavy atom. The highest BCUT2D eigenvalue weighted by Crippen LogP contribution is 2.48. The second-order valence-corrected chi connectivity index (χ2v) is 10.0. The largest absolute Gasteiger partial charge is 0.340 e. The van der Waals surface area contributed by atoms with Gasteiger partial charge >= 0.3 is 0 Å². The molecule has 5 heteroatoms. The third-order valence-corrected chi connectivity index (χ3v) is 8.37. The number of nitrogens with zero attached hydrogens (tertiary/aromatic N) is 2. The number of rotatable bonds is 1. The minimum atomic E-state index is -0.212. The lowest BCUT2D eigenvalue weighted by Gasteiger charge is -2.44. The van der Waals surface area contributed by atoms with Gasteiger partial charge in [-0.05, 0) is 44.4 Å². The normalized spacial score (nSPS) is 36.0. The van der Waals surface area contributed by atoms with Crippen molar-refractivity contribution < 1.29 is 9.59 Å². The Balaban J connectivity index is 1.49. The fourth-order valence-corrected chi connectivity index (χ4v) is 6.92. The molecule has 0 radical (unpaired) electrons. The van der Waals surface area contributed by atoms with Crippen molar-refractivity contribution in [2.75, 3.05) is 18.8 Å².